The highest BCUT2D eigenvalue weighted by molar-refractivity contribution is 14.1. The number of ether oxygens (including phenoxy) is 1. The highest BCUT2D eigenvalue weighted by Crippen LogP contribution is 2.21. The third-order valence-electron chi connectivity index (χ3n) is 2.08. The first-order chi connectivity index (χ1) is 9.54. The number of alkyl halides is 3. The summed E-state index contributed by atoms with van der Waals surface area (Å²) in [6.45, 7) is -1.45. The molecule has 0 unspecified atom stereocenters. The standard InChI is InChI=1S/C10H8F4INO4S/c11-8-2-1-6(15)5-7(8)9(17)20-4-3-16-21(18,19)10(12,13)14/h1-2,5,16H,3-4H2. The Morgan fingerprint density at radius 1 is 1.33 bits per heavy atom. The molecule has 5 nitrogen and oxygen atoms in total. The normalized spacial score (nSPS) is 12.2. The van der Waals surface area contributed by atoms with Gasteiger partial charge in [0.15, 0.2) is 0 Å². The largest absolute Gasteiger partial charge is 0.511 e. The van der Waals surface area contributed by atoms with E-state index in [1.807, 2.05) is 22.6 Å². The molecule has 0 saturated carbocycles. The van der Waals surface area contributed by atoms with E-state index >= 15 is 0 Å². The minimum absolute atomic E-state index is 0.388. The Bertz CT molecular complexity index is 632. The fourth-order valence-corrected chi connectivity index (χ4v) is 2.14. The first-order valence-corrected chi connectivity index (χ1v) is 7.79. The smallest absolute Gasteiger partial charge is 0.461 e. The van der Waals surface area contributed by atoms with Gasteiger partial charge in [-0.05, 0) is 40.8 Å². The molecule has 0 bridgehead atoms. The minimum Gasteiger partial charge on any atom is -0.461 e. The zero-order valence-corrected chi connectivity index (χ0v) is 13.1. The van der Waals surface area contributed by atoms with Gasteiger partial charge in [0.2, 0.25) is 0 Å². The molecule has 1 N–H and O–H groups in total. The summed E-state index contributed by atoms with van der Waals surface area (Å²) in [6, 6.07) is 3.63. The summed E-state index contributed by atoms with van der Waals surface area (Å²) in [7, 11) is -5.49. The SMILES string of the molecule is O=C(OCCNS(=O)(=O)C(F)(F)F)c1cc(I)ccc1F. The molecule has 118 valence electrons. The molecule has 0 aliphatic heterocycles. The van der Waals surface area contributed by atoms with Crippen LogP contribution >= 0.6 is 22.6 Å². The fourth-order valence-electron chi connectivity index (χ4n) is 1.13. The Hall–Kier alpha value is -0.950. The average Bonchev–Trinajstić information content (AvgIpc) is 2.36. The Balaban J connectivity index is 2.54. The van der Waals surface area contributed by atoms with Gasteiger partial charge in [-0.2, -0.15) is 13.2 Å². The van der Waals surface area contributed by atoms with Gasteiger partial charge in [0, 0.05) is 10.1 Å². The second-order valence-electron chi connectivity index (χ2n) is 3.60. The maximum absolute atomic E-state index is 13.3. The minimum atomic E-state index is -5.49. The summed E-state index contributed by atoms with van der Waals surface area (Å²) in [6.07, 6.45) is 0. The maximum atomic E-state index is 13.3. The average molecular weight is 441 g/mol. The molecule has 0 heterocycles. The van der Waals surface area contributed by atoms with Gasteiger partial charge in [-0.3, -0.25) is 0 Å². The number of halogens is 5. The number of sulfonamides is 1. The van der Waals surface area contributed by atoms with Crippen LogP contribution in [-0.4, -0.2) is 33.0 Å². The van der Waals surface area contributed by atoms with Gasteiger partial charge in [-0.1, -0.05) is 0 Å². The number of hydrogen-bond donors (Lipinski definition) is 1. The molecular formula is C10H8F4INO4S. The zero-order chi connectivity index (χ0) is 16.3. The second-order valence-corrected chi connectivity index (χ2v) is 6.61. The summed E-state index contributed by atoms with van der Waals surface area (Å²) in [5.74, 6) is -1.95. The van der Waals surface area contributed by atoms with E-state index in [1.54, 1.807) is 0 Å². The van der Waals surface area contributed by atoms with E-state index in [9.17, 15) is 30.8 Å². The van der Waals surface area contributed by atoms with Crippen molar-refractivity contribution in [2.75, 3.05) is 13.2 Å². The fraction of sp³-hybridized carbons (Fsp3) is 0.300. The number of benzene rings is 1. The van der Waals surface area contributed by atoms with Gasteiger partial charge in [0.1, 0.15) is 12.4 Å². The van der Waals surface area contributed by atoms with Crippen molar-refractivity contribution in [1.29, 1.82) is 0 Å². The lowest BCUT2D eigenvalue weighted by atomic mass is 10.2. The molecule has 1 aromatic carbocycles. The van der Waals surface area contributed by atoms with Crippen LogP contribution in [0.1, 0.15) is 10.4 Å². The molecule has 21 heavy (non-hydrogen) atoms. The van der Waals surface area contributed by atoms with E-state index in [-0.39, 0.29) is 5.56 Å². The number of carbonyl (C=O) groups is 1. The van der Waals surface area contributed by atoms with Crippen LogP contribution in [0.15, 0.2) is 18.2 Å². The lowest BCUT2D eigenvalue weighted by Gasteiger charge is -2.10. The van der Waals surface area contributed by atoms with Crippen molar-refractivity contribution >= 4 is 38.6 Å². The predicted octanol–water partition coefficient (Wildman–Crippen LogP) is 2.03. The van der Waals surface area contributed by atoms with E-state index in [0.29, 0.717) is 3.57 Å². The van der Waals surface area contributed by atoms with Crippen molar-refractivity contribution < 1.29 is 35.5 Å². The van der Waals surface area contributed by atoms with Crippen LogP contribution in [0.5, 0.6) is 0 Å². The van der Waals surface area contributed by atoms with E-state index in [4.69, 9.17) is 0 Å². The van der Waals surface area contributed by atoms with Crippen LogP contribution in [0.2, 0.25) is 0 Å². The van der Waals surface area contributed by atoms with Crippen LogP contribution in [0, 0.1) is 9.39 Å². The molecular weight excluding hydrogens is 433 g/mol. The molecule has 1 rings (SSSR count). The monoisotopic (exact) mass is 441 g/mol. The molecule has 0 fully saturated rings. The van der Waals surface area contributed by atoms with Crippen molar-refractivity contribution in [3.05, 3.63) is 33.1 Å². The van der Waals surface area contributed by atoms with Gasteiger partial charge in [0.05, 0.1) is 5.56 Å². The van der Waals surface area contributed by atoms with E-state index in [1.165, 1.54) is 16.9 Å². The molecule has 1 aromatic rings. The summed E-state index contributed by atoms with van der Waals surface area (Å²) >= 11 is 1.83. The van der Waals surface area contributed by atoms with E-state index in [2.05, 4.69) is 4.74 Å². The van der Waals surface area contributed by atoms with Crippen molar-refractivity contribution in [3.63, 3.8) is 0 Å². The van der Waals surface area contributed by atoms with E-state index < -0.39 is 40.5 Å². The van der Waals surface area contributed by atoms with Gasteiger partial charge >= 0.3 is 21.5 Å². The van der Waals surface area contributed by atoms with Gasteiger partial charge in [0.25, 0.3) is 0 Å². The van der Waals surface area contributed by atoms with Crippen LogP contribution in [0.25, 0.3) is 0 Å². The van der Waals surface area contributed by atoms with Crippen LogP contribution in [0.3, 0.4) is 0 Å². The Morgan fingerprint density at radius 2 is 1.95 bits per heavy atom. The summed E-state index contributed by atoms with van der Waals surface area (Å²) in [5, 5.41) is 0. The van der Waals surface area contributed by atoms with Crippen molar-refractivity contribution in [2.45, 2.75) is 5.51 Å². The van der Waals surface area contributed by atoms with Crippen molar-refractivity contribution in [1.82, 2.24) is 4.72 Å². The first-order valence-electron chi connectivity index (χ1n) is 5.23. The third-order valence-corrected chi connectivity index (χ3v) is 3.94. The molecule has 0 spiro atoms. The van der Waals surface area contributed by atoms with Crippen molar-refractivity contribution in [2.24, 2.45) is 0 Å². The lowest BCUT2D eigenvalue weighted by Crippen LogP contribution is -2.38. The van der Waals surface area contributed by atoms with Gasteiger partial charge in [-0.25, -0.2) is 22.3 Å². The quantitative estimate of drug-likeness (QED) is 0.329. The summed E-state index contributed by atoms with van der Waals surface area (Å²) in [5.41, 5.74) is -5.83. The highest BCUT2D eigenvalue weighted by Gasteiger charge is 2.45. The number of rotatable bonds is 5. The van der Waals surface area contributed by atoms with Crippen LogP contribution < -0.4 is 4.72 Å². The highest BCUT2D eigenvalue weighted by atomic mass is 127. The Kier molecular flexibility index (Phi) is 5.92. The third kappa shape index (κ3) is 5.07. The second kappa shape index (κ2) is 6.87. The first kappa shape index (κ1) is 18.1. The maximum Gasteiger partial charge on any atom is 0.511 e. The number of carbonyl (C=O) groups excluding carboxylic acids is 1. The number of hydrogen-bond acceptors (Lipinski definition) is 4. The Labute approximate surface area is 130 Å². The van der Waals surface area contributed by atoms with Crippen LogP contribution in [0.4, 0.5) is 17.6 Å². The van der Waals surface area contributed by atoms with Gasteiger partial charge < -0.3 is 4.74 Å². The molecule has 0 aliphatic carbocycles. The van der Waals surface area contributed by atoms with E-state index in [0.717, 1.165) is 6.07 Å². The number of nitrogens with one attached hydrogen (secondary N) is 1. The lowest BCUT2D eigenvalue weighted by molar-refractivity contribution is -0.0448. The molecule has 0 amide bonds. The van der Waals surface area contributed by atoms with Crippen LogP contribution in [-0.2, 0) is 14.8 Å². The predicted molar refractivity (Wildman–Crippen MR) is 72.4 cm³/mol. The molecule has 0 atom stereocenters. The molecule has 11 heteroatoms. The summed E-state index contributed by atoms with van der Waals surface area (Å²) < 4.78 is 76.7. The summed E-state index contributed by atoms with van der Waals surface area (Å²) in [4.78, 5) is 11.5. The zero-order valence-electron chi connectivity index (χ0n) is 10.1. The number of esters is 1. The molecule has 0 aromatic heterocycles. The molecule has 0 aliphatic rings. The Morgan fingerprint density at radius 3 is 2.52 bits per heavy atom. The van der Waals surface area contributed by atoms with Gasteiger partial charge in [-0.15, -0.1) is 0 Å². The molecule has 0 saturated heterocycles. The molecule has 0 radical (unpaired) electrons. The van der Waals surface area contributed by atoms with Crippen molar-refractivity contribution in [3.8, 4) is 0 Å². The topological polar surface area (TPSA) is 72.5 Å².